The molecule has 0 aromatic heterocycles. The van der Waals surface area contributed by atoms with E-state index in [2.05, 4.69) is 17.5 Å². The van der Waals surface area contributed by atoms with Crippen molar-refractivity contribution in [1.82, 2.24) is 5.06 Å². The maximum Gasteiger partial charge on any atom is 0.342 e. The van der Waals surface area contributed by atoms with Gasteiger partial charge in [0.05, 0.1) is 5.75 Å². The minimum Gasteiger partial charge on any atom is -0.381 e. The van der Waals surface area contributed by atoms with E-state index >= 15 is 0 Å². The van der Waals surface area contributed by atoms with Crippen molar-refractivity contribution in [3.8, 4) is 0 Å². The zero-order valence-electron chi connectivity index (χ0n) is 10.1. The molecule has 2 amide bonds. The molecule has 2 fully saturated rings. The maximum absolute atomic E-state index is 10.8. The fourth-order valence-electron chi connectivity index (χ4n) is 1.48. The molecule has 0 radical (unpaired) electrons. The van der Waals surface area contributed by atoms with Crippen molar-refractivity contribution < 1.29 is 24.0 Å². The van der Waals surface area contributed by atoms with E-state index in [1.807, 2.05) is 0 Å². The van der Waals surface area contributed by atoms with E-state index in [0.717, 1.165) is 13.2 Å². The lowest BCUT2D eigenvalue weighted by Crippen LogP contribution is -2.32. The highest BCUT2D eigenvalue weighted by Gasteiger charge is 2.32. The lowest BCUT2D eigenvalue weighted by Gasteiger charge is -2.10. The van der Waals surface area contributed by atoms with Crippen LogP contribution < -0.4 is 0 Å². The molecule has 0 N–H and O–H groups in total. The van der Waals surface area contributed by atoms with Crippen molar-refractivity contribution in [2.75, 3.05) is 19.0 Å². The van der Waals surface area contributed by atoms with E-state index < -0.39 is 17.8 Å². The minimum atomic E-state index is -0.707. The summed E-state index contributed by atoms with van der Waals surface area (Å²) in [5.41, 5.74) is 0. The second-order valence-electron chi connectivity index (χ2n) is 3.88. The monoisotopic (exact) mass is 275 g/mol. The number of rotatable bonds is 2. The van der Waals surface area contributed by atoms with Crippen molar-refractivity contribution in [3.63, 3.8) is 0 Å². The van der Waals surface area contributed by atoms with E-state index in [9.17, 15) is 14.4 Å². The van der Waals surface area contributed by atoms with Gasteiger partial charge in [0, 0.05) is 26.1 Å². The van der Waals surface area contributed by atoms with Crippen LogP contribution in [0.4, 0.5) is 0 Å². The number of hydrogen-bond acceptors (Lipinski definition) is 6. The van der Waals surface area contributed by atoms with E-state index in [4.69, 9.17) is 4.74 Å². The van der Waals surface area contributed by atoms with Crippen LogP contribution in [-0.2, 0) is 24.0 Å². The summed E-state index contributed by atoms with van der Waals surface area (Å²) in [5.74, 6) is -1.82. The molecule has 0 aromatic carbocycles. The van der Waals surface area contributed by atoms with Crippen LogP contribution in [-0.4, -0.2) is 41.8 Å². The lowest BCUT2D eigenvalue weighted by atomic mass is 10.2. The van der Waals surface area contributed by atoms with Gasteiger partial charge in [-0.25, -0.2) is 4.79 Å². The number of thiol groups is 1. The highest BCUT2D eigenvalue weighted by atomic mass is 32.1. The summed E-state index contributed by atoms with van der Waals surface area (Å²) in [5, 5.41) is 0.499. The zero-order valence-corrected chi connectivity index (χ0v) is 11.0. The van der Waals surface area contributed by atoms with Gasteiger partial charge >= 0.3 is 5.97 Å². The molecular formula is C11H17NO5S. The predicted molar refractivity (Wildman–Crippen MR) is 65.7 cm³/mol. The smallest absolute Gasteiger partial charge is 0.342 e. The largest absolute Gasteiger partial charge is 0.381 e. The van der Waals surface area contributed by atoms with Gasteiger partial charge in [0.1, 0.15) is 0 Å². The molecule has 0 aromatic rings. The Kier molecular flexibility index (Phi) is 6.74. The number of carbonyl (C=O) groups excluding carboxylic acids is 3. The van der Waals surface area contributed by atoms with Gasteiger partial charge in [0.2, 0.25) is 0 Å². The Morgan fingerprint density at radius 1 is 1.17 bits per heavy atom. The number of hydroxylamine groups is 2. The second kappa shape index (κ2) is 8.10. The van der Waals surface area contributed by atoms with Crippen LogP contribution in [0.5, 0.6) is 0 Å². The van der Waals surface area contributed by atoms with Gasteiger partial charge in [-0.1, -0.05) is 0 Å². The maximum atomic E-state index is 10.8. The third kappa shape index (κ3) is 5.05. The molecule has 7 heteroatoms. The third-order valence-corrected chi connectivity index (χ3v) is 2.66. The molecule has 2 aliphatic rings. The van der Waals surface area contributed by atoms with Crippen molar-refractivity contribution in [1.29, 1.82) is 0 Å². The molecule has 2 saturated heterocycles. The lowest BCUT2D eigenvalue weighted by molar-refractivity contribution is -0.195. The van der Waals surface area contributed by atoms with Gasteiger partial charge in [-0.2, -0.15) is 12.6 Å². The SMILES string of the molecule is C1CCOCC1.O=C(CS)ON1C(=O)CCC1=O. The fourth-order valence-corrected chi connectivity index (χ4v) is 1.53. The Morgan fingerprint density at radius 2 is 1.72 bits per heavy atom. The Bertz CT molecular complexity index is 289. The number of nitrogens with zero attached hydrogens (tertiary/aromatic N) is 1. The first-order valence-electron chi connectivity index (χ1n) is 5.90. The molecule has 0 unspecified atom stereocenters. The molecule has 0 bridgehead atoms. The van der Waals surface area contributed by atoms with Crippen molar-refractivity contribution in [3.05, 3.63) is 0 Å². The molecule has 2 heterocycles. The van der Waals surface area contributed by atoms with Gasteiger partial charge in [-0.15, -0.1) is 5.06 Å². The van der Waals surface area contributed by atoms with E-state index in [1.165, 1.54) is 19.3 Å². The normalized spacial score (nSPS) is 19.3. The highest BCUT2D eigenvalue weighted by molar-refractivity contribution is 7.81. The molecular weight excluding hydrogens is 258 g/mol. The molecule has 2 aliphatic heterocycles. The molecule has 0 atom stereocenters. The fraction of sp³-hybridized carbons (Fsp3) is 0.727. The summed E-state index contributed by atoms with van der Waals surface area (Å²) < 4.78 is 5.07. The number of imide groups is 1. The van der Waals surface area contributed by atoms with Crippen LogP contribution in [0.3, 0.4) is 0 Å². The standard InChI is InChI=1S/C6H7NO4S.C5H10O/c8-4-1-2-5(9)7(4)11-6(10)3-12;1-2-4-6-5-3-1/h12H,1-3H2;1-5H2. The van der Waals surface area contributed by atoms with Gasteiger partial charge in [-0.3, -0.25) is 9.59 Å². The van der Waals surface area contributed by atoms with Crippen molar-refractivity contribution >= 4 is 30.4 Å². The molecule has 18 heavy (non-hydrogen) atoms. The first-order valence-corrected chi connectivity index (χ1v) is 6.53. The van der Waals surface area contributed by atoms with Gasteiger partial charge in [-0.05, 0) is 19.3 Å². The molecule has 0 saturated carbocycles. The summed E-state index contributed by atoms with van der Waals surface area (Å²) in [6, 6.07) is 0. The number of hydrogen-bond donors (Lipinski definition) is 1. The average Bonchev–Trinajstić information content (AvgIpc) is 2.73. The highest BCUT2D eigenvalue weighted by Crippen LogP contribution is 2.11. The average molecular weight is 275 g/mol. The third-order valence-electron chi connectivity index (χ3n) is 2.41. The Balaban J connectivity index is 0.000000225. The Labute approximate surface area is 111 Å². The first kappa shape index (κ1) is 15.0. The van der Waals surface area contributed by atoms with Crippen LogP contribution >= 0.6 is 12.6 Å². The summed E-state index contributed by atoms with van der Waals surface area (Å²) in [6.07, 6.45) is 4.15. The van der Waals surface area contributed by atoms with Crippen molar-refractivity contribution in [2.24, 2.45) is 0 Å². The van der Waals surface area contributed by atoms with Crippen LogP contribution in [0.2, 0.25) is 0 Å². The van der Waals surface area contributed by atoms with Gasteiger partial charge in [0.15, 0.2) is 0 Å². The van der Waals surface area contributed by atoms with E-state index in [-0.39, 0.29) is 18.6 Å². The van der Waals surface area contributed by atoms with Crippen LogP contribution in [0.1, 0.15) is 32.1 Å². The van der Waals surface area contributed by atoms with Gasteiger partial charge in [0.25, 0.3) is 11.8 Å². The van der Waals surface area contributed by atoms with E-state index in [0.29, 0.717) is 5.06 Å². The molecule has 0 spiro atoms. The van der Waals surface area contributed by atoms with E-state index in [1.54, 1.807) is 0 Å². The van der Waals surface area contributed by atoms with Gasteiger partial charge < -0.3 is 9.57 Å². The predicted octanol–water partition coefficient (Wildman–Crippen LogP) is 0.710. The second-order valence-corrected chi connectivity index (χ2v) is 4.19. The van der Waals surface area contributed by atoms with Crippen LogP contribution in [0.25, 0.3) is 0 Å². The Hall–Kier alpha value is -1.08. The first-order chi connectivity index (χ1) is 8.65. The zero-order chi connectivity index (χ0) is 13.4. The summed E-state index contributed by atoms with van der Waals surface area (Å²) >= 11 is 3.62. The minimum absolute atomic E-state index is 0.110. The summed E-state index contributed by atoms with van der Waals surface area (Å²) in [7, 11) is 0. The molecule has 6 nitrogen and oxygen atoms in total. The number of carbonyl (C=O) groups is 3. The summed E-state index contributed by atoms with van der Waals surface area (Å²) in [4.78, 5) is 36.7. The molecule has 0 aliphatic carbocycles. The molecule has 2 rings (SSSR count). The van der Waals surface area contributed by atoms with Crippen LogP contribution in [0.15, 0.2) is 0 Å². The molecule has 102 valence electrons. The van der Waals surface area contributed by atoms with Crippen molar-refractivity contribution in [2.45, 2.75) is 32.1 Å². The number of amides is 2. The summed E-state index contributed by atoms with van der Waals surface area (Å²) in [6.45, 7) is 2.00. The quantitative estimate of drug-likeness (QED) is 0.593. The Morgan fingerprint density at radius 3 is 2.06 bits per heavy atom. The van der Waals surface area contributed by atoms with Crippen LogP contribution in [0, 0.1) is 0 Å². The topological polar surface area (TPSA) is 72.9 Å². The number of ether oxygens (including phenoxy) is 1.